The van der Waals surface area contributed by atoms with Gasteiger partial charge < -0.3 is 5.32 Å². The van der Waals surface area contributed by atoms with Crippen molar-refractivity contribution in [1.82, 2.24) is 4.72 Å². The molecule has 118 valence electrons. The molecular weight excluding hydrogens is 284 g/mol. The number of nitrogens with one attached hydrogen (secondary N) is 2. The highest BCUT2D eigenvalue weighted by molar-refractivity contribution is 7.89. The van der Waals surface area contributed by atoms with Crippen molar-refractivity contribution in [2.24, 2.45) is 5.41 Å². The molecule has 4 nitrogen and oxygen atoms in total. The summed E-state index contributed by atoms with van der Waals surface area (Å²) in [6.45, 7) is 8.18. The molecule has 0 radical (unpaired) electrons. The van der Waals surface area contributed by atoms with Crippen LogP contribution >= 0.6 is 0 Å². The van der Waals surface area contributed by atoms with Gasteiger partial charge in [-0.3, -0.25) is 0 Å². The van der Waals surface area contributed by atoms with Crippen molar-refractivity contribution >= 4 is 15.7 Å². The van der Waals surface area contributed by atoms with Gasteiger partial charge in [-0.1, -0.05) is 26.0 Å². The van der Waals surface area contributed by atoms with Crippen LogP contribution < -0.4 is 10.0 Å². The molecule has 1 saturated carbocycles. The predicted octanol–water partition coefficient (Wildman–Crippen LogP) is 3.36. The average Bonchev–Trinajstić information content (AvgIpc) is 2.67. The molecule has 1 unspecified atom stereocenters. The molecule has 21 heavy (non-hydrogen) atoms. The maximum Gasteiger partial charge on any atom is 0.242 e. The second kappa shape index (κ2) is 5.97. The molecule has 1 fully saturated rings. The van der Waals surface area contributed by atoms with Crippen molar-refractivity contribution in [2.75, 3.05) is 5.32 Å². The van der Waals surface area contributed by atoms with Crippen LogP contribution in [0.3, 0.4) is 0 Å². The van der Waals surface area contributed by atoms with E-state index in [4.69, 9.17) is 0 Å². The van der Waals surface area contributed by atoms with E-state index in [-0.39, 0.29) is 6.04 Å². The minimum Gasteiger partial charge on any atom is -0.381 e. The molecule has 1 atom stereocenters. The Kier molecular flexibility index (Phi) is 4.63. The lowest BCUT2D eigenvalue weighted by molar-refractivity contribution is 0.378. The highest BCUT2D eigenvalue weighted by atomic mass is 32.2. The van der Waals surface area contributed by atoms with Gasteiger partial charge in [0.15, 0.2) is 0 Å². The summed E-state index contributed by atoms with van der Waals surface area (Å²) in [7, 11) is -3.47. The molecular formula is C16H26N2O2S. The largest absolute Gasteiger partial charge is 0.381 e. The van der Waals surface area contributed by atoms with Crippen LogP contribution in [0.25, 0.3) is 0 Å². The zero-order valence-electron chi connectivity index (χ0n) is 13.3. The number of anilines is 1. The van der Waals surface area contributed by atoms with Crippen molar-refractivity contribution in [3.63, 3.8) is 0 Å². The molecule has 1 aliphatic rings. The van der Waals surface area contributed by atoms with Crippen LogP contribution in [-0.4, -0.2) is 20.5 Å². The van der Waals surface area contributed by atoms with Crippen LogP contribution in [0, 0.1) is 5.41 Å². The van der Waals surface area contributed by atoms with Gasteiger partial charge in [-0.2, -0.15) is 0 Å². The first-order valence-corrected chi connectivity index (χ1v) is 9.06. The summed E-state index contributed by atoms with van der Waals surface area (Å²) in [5.41, 5.74) is 1.04. The first-order chi connectivity index (χ1) is 9.70. The van der Waals surface area contributed by atoms with Gasteiger partial charge in [-0.05, 0) is 50.7 Å². The standard InChI is InChI=1S/C16H26N2O2S/c1-12(2)18-21(19,20)15-8-6-5-7-14(15)17-13-9-10-16(3,4)11-13/h5-8,12-13,17-18H,9-11H2,1-4H3. The van der Waals surface area contributed by atoms with Gasteiger partial charge in [0.05, 0.1) is 5.69 Å². The molecule has 0 spiro atoms. The second-order valence-corrected chi connectivity index (χ2v) is 8.70. The summed E-state index contributed by atoms with van der Waals surface area (Å²) in [4.78, 5) is 0.336. The maximum atomic E-state index is 12.4. The summed E-state index contributed by atoms with van der Waals surface area (Å²) >= 11 is 0. The fourth-order valence-electron chi connectivity index (χ4n) is 2.97. The van der Waals surface area contributed by atoms with E-state index in [0.717, 1.165) is 12.8 Å². The Bertz CT molecular complexity index is 594. The normalized spacial score (nSPS) is 21.7. The van der Waals surface area contributed by atoms with E-state index in [0.29, 0.717) is 22.0 Å². The Morgan fingerprint density at radius 2 is 1.90 bits per heavy atom. The Morgan fingerprint density at radius 3 is 2.48 bits per heavy atom. The number of hydrogen-bond acceptors (Lipinski definition) is 3. The Hall–Kier alpha value is -1.07. The fraction of sp³-hybridized carbons (Fsp3) is 0.625. The van der Waals surface area contributed by atoms with Gasteiger partial charge in [0.25, 0.3) is 0 Å². The summed E-state index contributed by atoms with van der Waals surface area (Å²) in [6.07, 6.45) is 3.32. The van der Waals surface area contributed by atoms with E-state index in [1.165, 1.54) is 6.42 Å². The van der Waals surface area contributed by atoms with E-state index >= 15 is 0 Å². The summed E-state index contributed by atoms with van der Waals surface area (Å²) in [5, 5.41) is 3.43. The average molecular weight is 310 g/mol. The van der Waals surface area contributed by atoms with E-state index < -0.39 is 10.0 Å². The number of hydrogen-bond donors (Lipinski definition) is 2. The lowest BCUT2D eigenvalue weighted by atomic mass is 9.92. The minimum atomic E-state index is -3.47. The van der Waals surface area contributed by atoms with Crippen LogP contribution in [0.15, 0.2) is 29.2 Å². The zero-order chi connectivity index (χ0) is 15.7. The molecule has 0 saturated heterocycles. The lowest BCUT2D eigenvalue weighted by Crippen LogP contribution is -2.31. The Morgan fingerprint density at radius 1 is 1.24 bits per heavy atom. The molecule has 5 heteroatoms. The smallest absolute Gasteiger partial charge is 0.242 e. The SMILES string of the molecule is CC(C)NS(=O)(=O)c1ccccc1NC1CCC(C)(C)C1. The van der Waals surface area contributed by atoms with Crippen LogP contribution in [-0.2, 0) is 10.0 Å². The molecule has 1 aromatic carbocycles. The van der Waals surface area contributed by atoms with Crippen molar-refractivity contribution < 1.29 is 8.42 Å². The van der Waals surface area contributed by atoms with E-state index in [9.17, 15) is 8.42 Å². The number of rotatable bonds is 5. The molecule has 0 amide bonds. The third-order valence-electron chi connectivity index (χ3n) is 3.90. The number of benzene rings is 1. The third-order valence-corrected chi connectivity index (χ3v) is 5.61. The highest BCUT2D eigenvalue weighted by Gasteiger charge is 2.31. The van der Waals surface area contributed by atoms with Crippen LogP contribution in [0.4, 0.5) is 5.69 Å². The maximum absolute atomic E-state index is 12.4. The molecule has 0 bridgehead atoms. The predicted molar refractivity (Wildman–Crippen MR) is 86.9 cm³/mol. The Balaban J connectivity index is 2.22. The zero-order valence-corrected chi connectivity index (χ0v) is 14.1. The van der Waals surface area contributed by atoms with Gasteiger partial charge in [-0.15, -0.1) is 0 Å². The van der Waals surface area contributed by atoms with Gasteiger partial charge in [0, 0.05) is 12.1 Å². The number of sulfonamides is 1. The lowest BCUT2D eigenvalue weighted by Gasteiger charge is -2.20. The minimum absolute atomic E-state index is 0.117. The van der Waals surface area contributed by atoms with Gasteiger partial charge in [-0.25, -0.2) is 13.1 Å². The summed E-state index contributed by atoms with van der Waals surface area (Å²) in [6, 6.07) is 7.37. The van der Waals surface area contributed by atoms with Crippen LogP contribution in [0.5, 0.6) is 0 Å². The van der Waals surface area contributed by atoms with Crippen LogP contribution in [0.1, 0.15) is 47.0 Å². The summed E-state index contributed by atoms with van der Waals surface area (Å²) < 4.78 is 27.5. The van der Waals surface area contributed by atoms with Gasteiger partial charge in [0.2, 0.25) is 10.0 Å². The molecule has 2 rings (SSSR count). The van der Waals surface area contributed by atoms with Gasteiger partial charge in [0.1, 0.15) is 4.90 Å². The van der Waals surface area contributed by atoms with E-state index in [2.05, 4.69) is 23.9 Å². The fourth-order valence-corrected chi connectivity index (χ4v) is 4.40. The quantitative estimate of drug-likeness (QED) is 0.876. The molecule has 0 aromatic heterocycles. The first kappa shape index (κ1) is 16.3. The molecule has 0 aliphatic heterocycles. The summed E-state index contributed by atoms with van der Waals surface area (Å²) in [5.74, 6) is 0. The van der Waals surface area contributed by atoms with Crippen molar-refractivity contribution in [2.45, 2.75) is 63.9 Å². The second-order valence-electron chi connectivity index (χ2n) is 7.02. The molecule has 1 aliphatic carbocycles. The van der Waals surface area contributed by atoms with Crippen molar-refractivity contribution in [3.05, 3.63) is 24.3 Å². The number of para-hydroxylation sites is 1. The monoisotopic (exact) mass is 310 g/mol. The molecule has 1 aromatic rings. The van der Waals surface area contributed by atoms with Crippen molar-refractivity contribution in [3.8, 4) is 0 Å². The van der Waals surface area contributed by atoms with Crippen LogP contribution in [0.2, 0.25) is 0 Å². The van der Waals surface area contributed by atoms with Crippen molar-refractivity contribution in [1.29, 1.82) is 0 Å². The molecule has 0 heterocycles. The van der Waals surface area contributed by atoms with Gasteiger partial charge >= 0.3 is 0 Å². The highest BCUT2D eigenvalue weighted by Crippen LogP contribution is 2.38. The topological polar surface area (TPSA) is 58.2 Å². The molecule has 2 N–H and O–H groups in total. The third kappa shape index (κ3) is 4.20. The first-order valence-electron chi connectivity index (χ1n) is 7.57. The van der Waals surface area contributed by atoms with E-state index in [1.807, 2.05) is 26.0 Å². The Labute approximate surface area is 128 Å². The van der Waals surface area contributed by atoms with E-state index in [1.54, 1.807) is 12.1 Å².